The van der Waals surface area contributed by atoms with Gasteiger partial charge < -0.3 is 14.5 Å². The highest BCUT2D eigenvalue weighted by Crippen LogP contribution is 2.45. The monoisotopic (exact) mass is 646 g/mol. The lowest BCUT2D eigenvalue weighted by Gasteiger charge is -2.21. The molecule has 12 heteroatoms. The fourth-order valence-electron chi connectivity index (χ4n) is 5.87. The molecule has 6 rings (SSSR count). The van der Waals surface area contributed by atoms with Crippen molar-refractivity contribution in [3.8, 4) is 22.3 Å². The van der Waals surface area contributed by atoms with E-state index in [0.29, 0.717) is 41.4 Å². The zero-order valence-electron chi connectivity index (χ0n) is 27.4. The van der Waals surface area contributed by atoms with Crippen LogP contribution in [0.25, 0.3) is 22.3 Å². The Morgan fingerprint density at radius 2 is 1.09 bits per heavy atom. The van der Waals surface area contributed by atoms with E-state index in [2.05, 4.69) is 19.9 Å². The maximum Gasteiger partial charge on any atom is 0.406 e. The molecule has 0 fully saturated rings. The first-order valence-corrected chi connectivity index (χ1v) is 15.1. The van der Waals surface area contributed by atoms with Crippen molar-refractivity contribution in [2.45, 2.75) is 58.5 Å². The van der Waals surface area contributed by atoms with Crippen LogP contribution in [0.4, 0.5) is 24.5 Å². The first-order chi connectivity index (χ1) is 22.0. The number of methoxy groups -OCH3 is 1. The van der Waals surface area contributed by atoms with Crippen LogP contribution in [0.5, 0.6) is 0 Å². The van der Waals surface area contributed by atoms with E-state index in [1.807, 2.05) is 56.3 Å². The molecule has 2 aliphatic heterocycles. The molecule has 2 aromatic carbocycles. The highest BCUT2D eigenvalue weighted by molar-refractivity contribution is 6.09. The molecule has 0 bridgehead atoms. The van der Waals surface area contributed by atoms with Crippen LogP contribution in [0.3, 0.4) is 0 Å². The number of nitrogens with zero attached hydrogens (tertiary/aromatic N) is 6. The molecule has 0 unspecified atom stereocenters. The average Bonchev–Trinajstić information content (AvgIpc) is 3.33. The lowest BCUT2D eigenvalue weighted by Crippen LogP contribution is -2.41. The lowest BCUT2D eigenvalue weighted by molar-refractivity contribution is -0.134. The molecular weight excluding hydrogens is 609 g/mol. The normalized spacial score (nSPS) is 16.1. The van der Waals surface area contributed by atoms with E-state index >= 15 is 0 Å². The van der Waals surface area contributed by atoms with Gasteiger partial charge in [-0.25, -0.2) is 19.9 Å². The Hall–Kier alpha value is -4.71. The zero-order chi connectivity index (χ0) is 34.3. The van der Waals surface area contributed by atoms with Crippen molar-refractivity contribution in [2.24, 2.45) is 0 Å². The van der Waals surface area contributed by atoms with Crippen molar-refractivity contribution in [1.82, 2.24) is 19.9 Å². The molecule has 0 atom stereocenters. The first kappa shape index (κ1) is 33.6. The number of carbonyl (C=O) groups is 2. The lowest BCUT2D eigenvalue weighted by atomic mass is 9.85. The van der Waals surface area contributed by atoms with Crippen molar-refractivity contribution >= 4 is 23.2 Å². The summed E-state index contributed by atoms with van der Waals surface area (Å²) in [5, 5.41) is 0. The van der Waals surface area contributed by atoms with Gasteiger partial charge in [0.05, 0.1) is 17.4 Å². The number of ether oxygens (including phenoxy) is 1. The van der Waals surface area contributed by atoms with Crippen molar-refractivity contribution in [3.63, 3.8) is 0 Å². The third-order valence-electron chi connectivity index (χ3n) is 8.57. The Morgan fingerprint density at radius 3 is 1.49 bits per heavy atom. The van der Waals surface area contributed by atoms with Crippen molar-refractivity contribution in [3.05, 3.63) is 84.0 Å². The number of hydrogen-bond donors (Lipinski definition) is 0. The van der Waals surface area contributed by atoms with Gasteiger partial charge in [0.25, 0.3) is 0 Å². The number of benzene rings is 2. The Labute approximate surface area is 271 Å². The van der Waals surface area contributed by atoms with Crippen LogP contribution >= 0.6 is 0 Å². The summed E-state index contributed by atoms with van der Waals surface area (Å²) in [7, 11) is 1.65. The van der Waals surface area contributed by atoms with E-state index in [9.17, 15) is 22.8 Å². The van der Waals surface area contributed by atoms with E-state index in [1.165, 1.54) is 0 Å². The van der Waals surface area contributed by atoms with E-state index in [0.717, 1.165) is 33.1 Å². The molecule has 2 aromatic heterocycles. The van der Waals surface area contributed by atoms with Crippen LogP contribution in [0.2, 0.25) is 0 Å². The Balaban J connectivity index is 0.000000185. The quantitative estimate of drug-likeness (QED) is 0.240. The van der Waals surface area contributed by atoms with Gasteiger partial charge in [0.1, 0.15) is 18.2 Å². The van der Waals surface area contributed by atoms with E-state index in [4.69, 9.17) is 4.74 Å². The third kappa shape index (κ3) is 6.60. The fraction of sp³-hybridized carbons (Fsp3) is 0.371. The minimum Gasteiger partial charge on any atom is -0.383 e. The zero-order valence-corrected chi connectivity index (χ0v) is 27.4. The molecule has 9 nitrogen and oxygen atoms in total. The maximum absolute atomic E-state index is 12.9. The second-order valence-electron chi connectivity index (χ2n) is 12.7. The number of carbonyl (C=O) groups excluding carboxylic acids is 2. The fourth-order valence-corrected chi connectivity index (χ4v) is 5.87. The molecule has 4 heterocycles. The van der Waals surface area contributed by atoms with Crippen LogP contribution < -0.4 is 9.80 Å². The van der Waals surface area contributed by atoms with Crippen LogP contribution in [0.15, 0.2) is 61.2 Å². The van der Waals surface area contributed by atoms with Gasteiger partial charge in [-0.1, -0.05) is 24.3 Å². The van der Waals surface area contributed by atoms with Gasteiger partial charge in [-0.3, -0.25) is 9.59 Å². The predicted octanol–water partition coefficient (Wildman–Crippen LogP) is 6.36. The predicted molar refractivity (Wildman–Crippen MR) is 173 cm³/mol. The van der Waals surface area contributed by atoms with E-state index in [-0.39, 0.29) is 5.91 Å². The summed E-state index contributed by atoms with van der Waals surface area (Å²) in [5.74, 6) is 0.914. The molecule has 0 aliphatic carbocycles. The summed E-state index contributed by atoms with van der Waals surface area (Å²) in [6.07, 6.45) is 2.38. The van der Waals surface area contributed by atoms with Gasteiger partial charge in [0, 0.05) is 60.9 Å². The number of amides is 2. The third-order valence-corrected chi connectivity index (χ3v) is 8.57. The Morgan fingerprint density at radius 1 is 0.681 bits per heavy atom. The smallest absolute Gasteiger partial charge is 0.383 e. The van der Waals surface area contributed by atoms with Crippen LogP contribution in [0.1, 0.15) is 50.5 Å². The Kier molecular flexibility index (Phi) is 8.93. The van der Waals surface area contributed by atoms with Gasteiger partial charge in [0.2, 0.25) is 11.8 Å². The molecule has 0 N–H and O–H groups in total. The number of fused-ring (bicyclic) bond motifs is 2. The van der Waals surface area contributed by atoms with Gasteiger partial charge >= 0.3 is 6.18 Å². The molecule has 2 aliphatic rings. The average molecular weight is 647 g/mol. The summed E-state index contributed by atoms with van der Waals surface area (Å²) in [5.41, 5.74) is 4.71. The summed E-state index contributed by atoms with van der Waals surface area (Å²) < 4.78 is 43.8. The van der Waals surface area contributed by atoms with Crippen LogP contribution in [-0.4, -0.2) is 64.7 Å². The minimum atomic E-state index is -4.46. The number of halogens is 3. The molecule has 0 spiro atoms. The molecule has 4 aromatic rings. The Bertz CT molecular complexity index is 1810. The largest absolute Gasteiger partial charge is 0.406 e. The summed E-state index contributed by atoms with van der Waals surface area (Å²) >= 11 is 0. The van der Waals surface area contributed by atoms with Gasteiger partial charge in [-0.15, -0.1) is 0 Å². The number of aryl methyl sites for hydroxylation is 2. The van der Waals surface area contributed by atoms with E-state index < -0.39 is 29.5 Å². The molecular formula is C35H37F3N6O3. The molecule has 0 saturated carbocycles. The number of rotatable bonds is 6. The number of anilines is 2. The summed E-state index contributed by atoms with van der Waals surface area (Å²) in [6, 6.07) is 11.2. The molecule has 47 heavy (non-hydrogen) atoms. The summed E-state index contributed by atoms with van der Waals surface area (Å²) in [6.45, 7) is 10.6. The maximum atomic E-state index is 12.9. The topological polar surface area (TPSA) is 101 Å². The second-order valence-corrected chi connectivity index (χ2v) is 12.7. The standard InChI is InChI=1S/C18H21N3O2.C17H16F3N3O/c1-12-19-10-14(11-20-12)13-5-6-15-16(9-13)21(7-8-23-4)17(22)18(15,2)3;1-10-21-7-12(8-22-10)11-4-5-13-14(6-11)23(9-17(18,19)20)15(24)16(13,2)3/h5-6,9-11H,7-8H2,1-4H3;4-8H,9H2,1-3H3. The van der Waals surface area contributed by atoms with Crippen molar-refractivity contribution in [1.29, 1.82) is 0 Å². The summed E-state index contributed by atoms with van der Waals surface area (Å²) in [4.78, 5) is 44.5. The van der Waals surface area contributed by atoms with Gasteiger partial charge in [-0.2, -0.15) is 13.2 Å². The minimum absolute atomic E-state index is 0.113. The first-order valence-electron chi connectivity index (χ1n) is 15.1. The number of aromatic nitrogens is 4. The highest BCUT2D eigenvalue weighted by atomic mass is 19.4. The van der Waals surface area contributed by atoms with E-state index in [1.54, 1.807) is 58.5 Å². The highest BCUT2D eigenvalue weighted by Gasteiger charge is 2.47. The van der Waals surface area contributed by atoms with Gasteiger partial charge in [-0.05, 0) is 75.9 Å². The molecule has 0 saturated heterocycles. The number of alkyl halides is 3. The molecule has 2 amide bonds. The van der Waals surface area contributed by atoms with Crippen LogP contribution in [0, 0.1) is 13.8 Å². The molecule has 246 valence electrons. The molecule has 0 radical (unpaired) electrons. The number of hydrogen-bond acceptors (Lipinski definition) is 7. The van der Waals surface area contributed by atoms with Crippen LogP contribution in [-0.2, 0) is 25.2 Å². The van der Waals surface area contributed by atoms with Gasteiger partial charge in [0.15, 0.2) is 0 Å². The van der Waals surface area contributed by atoms with Crippen molar-refractivity contribution < 1.29 is 27.5 Å². The van der Waals surface area contributed by atoms with Crippen molar-refractivity contribution in [2.75, 3.05) is 36.6 Å². The second kappa shape index (κ2) is 12.5. The SMILES string of the molecule is COCCN1C(=O)C(C)(C)c2ccc(-c3cnc(C)nc3)cc21.Cc1ncc(-c2ccc3c(c2)N(CC(F)(F)F)C(=O)C3(C)C)cn1.